The molecule has 0 saturated carbocycles. The largest absolute Gasteiger partial charge is 0.486 e. The molecule has 1 saturated heterocycles. The van der Waals surface area contributed by atoms with Crippen LogP contribution < -0.4 is 31.4 Å². The number of aromatic amines is 1. The van der Waals surface area contributed by atoms with E-state index in [1.54, 1.807) is 0 Å². The number of ether oxygens (including phenoxy) is 2. The van der Waals surface area contributed by atoms with Crippen LogP contribution >= 0.6 is 0 Å². The Balaban J connectivity index is 1.60. The number of rotatable bonds is 10. The van der Waals surface area contributed by atoms with Gasteiger partial charge >= 0.3 is 5.69 Å². The molecule has 1 aromatic carbocycles. The first-order valence-electron chi connectivity index (χ1n) is 13.0. The lowest BCUT2D eigenvalue weighted by atomic mass is 10.0. The third-order valence-electron chi connectivity index (χ3n) is 6.91. The van der Waals surface area contributed by atoms with Gasteiger partial charge in [0.2, 0.25) is 5.91 Å². The number of nitrogen functional groups attached to an aromatic ring is 1. The Hall–Kier alpha value is -3.27. The first kappa shape index (κ1) is 25.8. The van der Waals surface area contributed by atoms with Crippen LogP contribution in [-0.4, -0.2) is 53.2 Å². The van der Waals surface area contributed by atoms with Crippen molar-refractivity contribution < 1.29 is 14.3 Å². The molecule has 196 valence electrons. The second-order valence-electron chi connectivity index (χ2n) is 9.43. The minimum absolute atomic E-state index is 0.0476. The standard InChI is InChI=1S/C26H37N5O5/c1-3-5-12-30(23-24(27)31(13-6-4-2)26(34)28-25(23)33)22(32)17-29-11-7-8-19(29)18-9-10-20-21(16-18)36-15-14-35-20/h9-10,16,19H,3-8,11-15,17,27H2,1-2H3,(H,28,33,34)/t19-/m0/s1. The van der Waals surface area contributed by atoms with Crippen molar-refractivity contribution >= 4 is 17.4 Å². The van der Waals surface area contributed by atoms with Crippen molar-refractivity contribution in [3.05, 3.63) is 44.6 Å². The molecule has 0 bridgehead atoms. The maximum Gasteiger partial charge on any atom is 0.330 e. The molecule has 2 aliphatic rings. The van der Waals surface area contributed by atoms with Crippen LogP contribution in [-0.2, 0) is 11.3 Å². The van der Waals surface area contributed by atoms with E-state index in [4.69, 9.17) is 15.2 Å². The Morgan fingerprint density at radius 3 is 2.64 bits per heavy atom. The maximum absolute atomic E-state index is 13.7. The second kappa shape index (κ2) is 11.6. The molecule has 4 rings (SSSR count). The first-order valence-corrected chi connectivity index (χ1v) is 13.0. The summed E-state index contributed by atoms with van der Waals surface area (Å²) in [7, 11) is 0. The van der Waals surface area contributed by atoms with Gasteiger partial charge in [-0.15, -0.1) is 0 Å². The van der Waals surface area contributed by atoms with Gasteiger partial charge in [0.05, 0.1) is 6.54 Å². The predicted octanol–water partition coefficient (Wildman–Crippen LogP) is 2.66. The van der Waals surface area contributed by atoms with Crippen molar-refractivity contribution in [2.45, 2.75) is 65.0 Å². The highest BCUT2D eigenvalue weighted by Gasteiger charge is 2.32. The van der Waals surface area contributed by atoms with E-state index in [1.807, 2.05) is 32.0 Å². The van der Waals surface area contributed by atoms with E-state index in [1.165, 1.54) is 9.47 Å². The van der Waals surface area contributed by atoms with Crippen LogP contribution in [0.2, 0.25) is 0 Å². The first-order chi connectivity index (χ1) is 17.4. The van der Waals surface area contributed by atoms with E-state index in [0.717, 1.165) is 55.7 Å². The fourth-order valence-electron chi connectivity index (χ4n) is 4.97. The summed E-state index contributed by atoms with van der Waals surface area (Å²) < 4.78 is 12.8. The Morgan fingerprint density at radius 1 is 1.14 bits per heavy atom. The van der Waals surface area contributed by atoms with Crippen molar-refractivity contribution in [1.82, 2.24) is 14.5 Å². The van der Waals surface area contributed by atoms with Crippen LogP contribution in [0.4, 0.5) is 11.5 Å². The quantitative estimate of drug-likeness (QED) is 0.515. The number of likely N-dealkylation sites (tertiary alicyclic amines) is 1. The van der Waals surface area contributed by atoms with E-state index in [2.05, 4.69) is 9.88 Å². The van der Waals surface area contributed by atoms with Crippen molar-refractivity contribution in [3.63, 3.8) is 0 Å². The Labute approximate surface area is 211 Å². The molecule has 1 amide bonds. The van der Waals surface area contributed by atoms with Gasteiger partial charge in [-0.1, -0.05) is 32.8 Å². The number of hydrogen-bond donors (Lipinski definition) is 2. The molecule has 2 aromatic rings. The normalized spacial score (nSPS) is 17.3. The molecule has 0 aliphatic carbocycles. The van der Waals surface area contributed by atoms with E-state index < -0.39 is 11.2 Å². The van der Waals surface area contributed by atoms with E-state index in [9.17, 15) is 14.4 Å². The molecule has 0 radical (unpaired) electrons. The Kier molecular flexibility index (Phi) is 8.35. The van der Waals surface area contributed by atoms with Crippen LogP contribution in [0.5, 0.6) is 11.5 Å². The molecule has 3 heterocycles. The molecule has 10 nitrogen and oxygen atoms in total. The summed E-state index contributed by atoms with van der Waals surface area (Å²) in [6, 6.07) is 6.02. The topological polar surface area (TPSA) is 123 Å². The van der Waals surface area contributed by atoms with Crippen LogP contribution in [0.15, 0.2) is 27.8 Å². The average Bonchev–Trinajstić information content (AvgIpc) is 3.33. The van der Waals surface area contributed by atoms with Gasteiger partial charge in [-0.05, 0) is 49.9 Å². The smallest absolute Gasteiger partial charge is 0.330 e. The number of fused-ring (bicyclic) bond motifs is 1. The molecule has 0 unspecified atom stereocenters. The lowest BCUT2D eigenvalue weighted by Gasteiger charge is -2.30. The zero-order valence-electron chi connectivity index (χ0n) is 21.3. The molecule has 1 aromatic heterocycles. The molecule has 0 spiro atoms. The predicted molar refractivity (Wildman–Crippen MR) is 139 cm³/mol. The zero-order valence-corrected chi connectivity index (χ0v) is 21.3. The number of carbonyl (C=O) groups is 1. The maximum atomic E-state index is 13.7. The zero-order chi connectivity index (χ0) is 25.7. The highest BCUT2D eigenvalue weighted by atomic mass is 16.6. The summed E-state index contributed by atoms with van der Waals surface area (Å²) in [4.78, 5) is 44.9. The van der Waals surface area contributed by atoms with Gasteiger partial charge in [-0.2, -0.15) is 0 Å². The number of nitrogens with zero attached hydrogens (tertiary/aromatic N) is 3. The number of hydrogen-bond acceptors (Lipinski definition) is 7. The van der Waals surface area contributed by atoms with Crippen molar-refractivity contribution in [3.8, 4) is 11.5 Å². The summed E-state index contributed by atoms with van der Waals surface area (Å²) in [6.45, 7) is 6.76. The van der Waals surface area contributed by atoms with Gasteiger partial charge in [0.25, 0.3) is 5.56 Å². The van der Waals surface area contributed by atoms with Crippen LogP contribution in [0.3, 0.4) is 0 Å². The van der Waals surface area contributed by atoms with Gasteiger partial charge in [0.1, 0.15) is 19.0 Å². The van der Waals surface area contributed by atoms with E-state index in [0.29, 0.717) is 32.7 Å². The van der Waals surface area contributed by atoms with Gasteiger partial charge in [0, 0.05) is 19.1 Å². The Bertz CT molecular complexity index is 1190. The number of H-pyrrole nitrogens is 1. The molecular formula is C26H37N5O5. The highest BCUT2D eigenvalue weighted by Crippen LogP contribution is 2.38. The molecule has 2 aliphatic heterocycles. The van der Waals surface area contributed by atoms with Crippen LogP contribution in [0.1, 0.15) is 64.0 Å². The lowest BCUT2D eigenvalue weighted by Crippen LogP contribution is -2.45. The number of nitrogens with one attached hydrogen (secondary N) is 1. The van der Waals surface area contributed by atoms with Crippen molar-refractivity contribution in [2.24, 2.45) is 0 Å². The fourth-order valence-corrected chi connectivity index (χ4v) is 4.97. The van der Waals surface area contributed by atoms with Crippen molar-refractivity contribution in [2.75, 3.05) is 43.5 Å². The number of nitrogens with two attached hydrogens (primary N) is 1. The third-order valence-corrected chi connectivity index (χ3v) is 6.91. The molecule has 10 heteroatoms. The minimum atomic E-state index is -0.625. The van der Waals surface area contributed by atoms with Gasteiger partial charge in [0.15, 0.2) is 17.2 Å². The summed E-state index contributed by atoms with van der Waals surface area (Å²) in [5.74, 6) is 1.32. The van der Waals surface area contributed by atoms with Crippen molar-refractivity contribution in [1.29, 1.82) is 0 Å². The van der Waals surface area contributed by atoms with Gasteiger partial charge in [-0.3, -0.25) is 24.0 Å². The number of anilines is 2. The number of carbonyl (C=O) groups excluding carboxylic acids is 1. The van der Waals surface area contributed by atoms with E-state index >= 15 is 0 Å². The number of amides is 1. The third kappa shape index (κ3) is 5.43. The van der Waals surface area contributed by atoms with Gasteiger partial charge < -0.3 is 20.1 Å². The number of aromatic nitrogens is 2. The SMILES string of the molecule is CCCCN(C(=O)CN1CCC[C@H]1c1ccc2c(c1)OCCO2)c1c(N)n(CCCC)c(=O)[nH]c1=O. The number of benzene rings is 1. The Morgan fingerprint density at radius 2 is 1.89 bits per heavy atom. The molecule has 3 N–H and O–H groups in total. The summed E-state index contributed by atoms with van der Waals surface area (Å²) >= 11 is 0. The summed E-state index contributed by atoms with van der Waals surface area (Å²) in [6.07, 6.45) is 5.06. The van der Waals surface area contributed by atoms with Crippen LogP contribution in [0, 0.1) is 0 Å². The fraction of sp³-hybridized carbons (Fsp3) is 0.577. The highest BCUT2D eigenvalue weighted by molar-refractivity contribution is 5.96. The van der Waals surface area contributed by atoms with Gasteiger partial charge in [-0.25, -0.2) is 4.79 Å². The summed E-state index contributed by atoms with van der Waals surface area (Å²) in [5, 5.41) is 0. The molecule has 1 atom stereocenters. The minimum Gasteiger partial charge on any atom is -0.486 e. The molecular weight excluding hydrogens is 462 g/mol. The number of unbranched alkanes of at least 4 members (excludes halogenated alkanes) is 2. The average molecular weight is 500 g/mol. The molecule has 1 fully saturated rings. The summed E-state index contributed by atoms with van der Waals surface area (Å²) in [5.41, 5.74) is 6.31. The lowest BCUT2D eigenvalue weighted by molar-refractivity contribution is -0.120. The second-order valence-corrected chi connectivity index (χ2v) is 9.43. The van der Waals surface area contributed by atoms with Crippen LogP contribution in [0.25, 0.3) is 0 Å². The van der Waals surface area contributed by atoms with E-state index in [-0.39, 0.29) is 30.0 Å². The molecule has 36 heavy (non-hydrogen) atoms. The monoisotopic (exact) mass is 499 g/mol.